The molecular formula is C21H24N4O2. The molecule has 0 spiro atoms. The zero-order valence-corrected chi connectivity index (χ0v) is 15.4. The monoisotopic (exact) mass is 364 g/mol. The van der Waals surface area contributed by atoms with Crippen LogP contribution in [0.5, 0.6) is 0 Å². The Hall–Kier alpha value is -2.73. The predicted octanol–water partition coefficient (Wildman–Crippen LogP) is 1.76. The maximum absolute atomic E-state index is 12.9. The van der Waals surface area contributed by atoms with Crippen LogP contribution in [0.3, 0.4) is 0 Å². The third-order valence-electron chi connectivity index (χ3n) is 5.73. The molecule has 2 aromatic rings. The lowest BCUT2D eigenvalue weighted by atomic mass is 9.75. The van der Waals surface area contributed by atoms with E-state index in [2.05, 4.69) is 27.8 Å². The average molecular weight is 364 g/mol. The van der Waals surface area contributed by atoms with Crippen LogP contribution in [0.1, 0.15) is 35.3 Å². The maximum atomic E-state index is 12.9. The first-order valence-corrected chi connectivity index (χ1v) is 9.35. The highest BCUT2D eigenvalue weighted by Gasteiger charge is 2.53. The molecule has 0 radical (unpaired) electrons. The summed E-state index contributed by atoms with van der Waals surface area (Å²) in [7, 11) is 0. The minimum absolute atomic E-state index is 0.0104. The SMILES string of the molecule is CC(=O)N[C@]12CN[C@H](c3ccccc3)[C@H]1CCN(C(=O)c1ccncc1)C2. The van der Waals surface area contributed by atoms with E-state index in [-0.39, 0.29) is 23.8 Å². The van der Waals surface area contributed by atoms with Gasteiger partial charge in [0.25, 0.3) is 5.91 Å². The number of nitrogens with one attached hydrogen (secondary N) is 2. The van der Waals surface area contributed by atoms with E-state index in [4.69, 9.17) is 0 Å². The largest absolute Gasteiger partial charge is 0.347 e. The van der Waals surface area contributed by atoms with Crippen LogP contribution < -0.4 is 10.6 Å². The molecule has 1 aromatic carbocycles. The van der Waals surface area contributed by atoms with E-state index in [1.54, 1.807) is 31.5 Å². The molecule has 6 heteroatoms. The molecule has 0 aliphatic carbocycles. The molecule has 2 aliphatic heterocycles. The Morgan fingerprint density at radius 3 is 2.63 bits per heavy atom. The fraction of sp³-hybridized carbons (Fsp3) is 0.381. The highest BCUT2D eigenvalue weighted by molar-refractivity contribution is 5.94. The smallest absolute Gasteiger partial charge is 0.254 e. The highest BCUT2D eigenvalue weighted by Crippen LogP contribution is 2.42. The summed E-state index contributed by atoms with van der Waals surface area (Å²) in [5.41, 5.74) is 1.41. The van der Waals surface area contributed by atoms with Gasteiger partial charge in [-0.15, -0.1) is 0 Å². The number of rotatable bonds is 3. The number of hydrogen-bond donors (Lipinski definition) is 2. The van der Waals surface area contributed by atoms with Crippen LogP contribution in [0.25, 0.3) is 0 Å². The molecule has 3 heterocycles. The molecule has 0 unspecified atom stereocenters. The summed E-state index contributed by atoms with van der Waals surface area (Å²) in [4.78, 5) is 30.8. The van der Waals surface area contributed by atoms with Crippen molar-refractivity contribution < 1.29 is 9.59 Å². The van der Waals surface area contributed by atoms with Crippen LogP contribution in [-0.4, -0.2) is 46.9 Å². The van der Waals surface area contributed by atoms with Crippen LogP contribution in [0.2, 0.25) is 0 Å². The minimum atomic E-state index is -0.451. The summed E-state index contributed by atoms with van der Waals surface area (Å²) < 4.78 is 0. The van der Waals surface area contributed by atoms with Crippen molar-refractivity contribution in [1.82, 2.24) is 20.5 Å². The van der Waals surface area contributed by atoms with Crippen molar-refractivity contribution in [1.29, 1.82) is 0 Å². The van der Waals surface area contributed by atoms with Crippen molar-refractivity contribution in [3.8, 4) is 0 Å². The Kier molecular flexibility index (Phi) is 4.66. The third-order valence-corrected chi connectivity index (χ3v) is 5.73. The number of likely N-dealkylation sites (tertiary alicyclic amines) is 1. The number of benzene rings is 1. The molecule has 6 nitrogen and oxygen atoms in total. The lowest BCUT2D eigenvalue weighted by molar-refractivity contribution is -0.122. The zero-order chi connectivity index (χ0) is 18.9. The Morgan fingerprint density at radius 1 is 1.19 bits per heavy atom. The van der Waals surface area contributed by atoms with Crippen molar-refractivity contribution in [2.24, 2.45) is 5.92 Å². The second kappa shape index (κ2) is 7.12. The van der Waals surface area contributed by atoms with E-state index in [0.717, 1.165) is 6.42 Å². The number of fused-ring (bicyclic) bond motifs is 1. The Morgan fingerprint density at radius 2 is 1.93 bits per heavy atom. The second-order valence-electron chi connectivity index (χ2n) is 7.46. The van der Waals surface area contributed by atoms with Gasteiger partial charge >= 0.3 is 0 Å². The van der Waals surface area contributed by atoms with Crippen LogP contribution >= 0.6 is 0 Å². The average Bonchev–Trinajstić information content (AvgIpc) is 3.06. The van der Waals surface area contributed by atoms with Gasteiger partial charge in [-0.2, -0.15) is 0 Å². The number of nitrogens with zero attached hydrogens (tertiary/aromatic N) is 2. The molecule has 27 heavy (non-hydrogen) atoms. The number of carbonyl (C=O) groups excluding carboxylic acids is 2. The molecule has 2 N–H and O–H groups in total. The van der Waals surface area contributed by atoms with Crippen molar-refractivity contribution in [3.05, 3.63) is 66.0 Å². The van der Waals surface area contributed by atoms with Gasteiger partial charge in [-0.3, -0.25) is 14.6 Å². The summed E-state index contributed by atoms with van der Waals surface area (Å²) in [5, 5.41) is 6.78. The van der Waals surface area contributed by atoms with E-state index < -0.39 is 5.54 Å². The Balaban J connectivity index is 1.61. The van der Waals surface area contributed by atoms with Gasteiger partial charge < -0.3 is 15.5 Å². The molecule has 4 rings (SSSR count). The zero-order valence-electron chi connectivity index (χ0n) is 15.4. The molecule has 2 fully saturated rings. The Labute approximate surface area is 159 Å². The number of carbonyl (C=O) groups is 2. The third kappa shape index (κ3) is 3.32. The van der Waals surface area contributed by atoms with Gasteiger partial charge in [-0.05, 0) is 24.1 Å². The first kappa shape index (κ1) is 17.7. The van der Waals surface area contributed by atoms with Crippen molar-refractivity contribution in [2.45, 2.75) is 24.9 Å². The molecular weight excluding hydrogens is 340 g/mol. The van der Waals surface area contributed by atoms with E-state index in [0.29, 0.717) is 25.2 Å². The highest BCUT2D eigenvalue weighted by atomic mass is 16.2. The summed E-state index contributed by atoms with van der Waals surface area (Å²) in [6, 6.07) is 14.0. The summed E-state index contributed by atoms with van der Waals surface area (Å²) in [5.74, 6) is 0.169. The summed E-state index contributed by atoms with van der Waals surface area (Å²) in [6.07, 6.45) is 4.10. The van der Waals surface area contributed by atoms with E-state index in [9.17, 15) is 9.59 Å². The molecule has 2 saturated heterocycles. The fourth-order valence-electron chi connectivity index (χ4n) is 4.60. The van der Waals surface area contributed by atoms with Gasteiger partial charge in [0.15, 0.2) is 0 Å². The molecule has 3 atom stereocenters. The van der Waals surface area contributed by atoms with Gasteiger partial charge in [-0.1, -0.05) is 30.3 Å². The maximum Gasteiger partial charge on any atom is 0.254 e. The normalized spacial score (nSPS) is 27.1. The first-order chi connectivity index (χ1) is 13.1. The van der Waals surface area contributed by atoms with Crippen molar-refractivity contribution >= 4 is 11.8 Å². The second-order valence-corrected chi connectivity index (χ2v) is 7.46. The van der Waals surface area contributed by atoms with Gasteiger partial charge in [0, 0.05) is 56.5 Å². The van der Waals surface area contributed by atoms with Gasteiger partial charge in [0.2, 0.25) is 5.91 Å². The van der Waals surface area contributed by atoms with Crippen LogP contribution in [0.15, 0.2) is 54.9 Å². The fourth-order valence-corrected chi connectivity index (χ4v) is 4.60. The van der Waals surface area contributed by atoms with Gasteiger partial charge in [0.05, 0.1) is 5.54 Å². The topological polar surface area (TPSA) is 74.3 Å². The van der Waals surface area contributed by atoms with Gasteiger partial charge in [-0.25, -0.2) is 0 Å². The molecule has 0 bridgehead atoms. The van der Waals surface area contributed by atoms with Crippen molar-refractivity contribution in [2.75, 3.05) is 19.6 Å². The first-order valence-electron chi connectivity index (χ1n) is 9.35. The number of aromatic nitrogens is 1. The van der Waals surface area contributed by atoms with Gasteiger partial charge in [0.1, 0.15) is 0 Å². The lowest BCUT2D eigenvalue weighted by Crippen LogP contribution is -2.64. The summed E-state index contributed by atoms with van der Waals surface area (Å²) in [6.45, 7) is 3.38. The lowest BCUT2D eigenvalue weighted by Gasteiger charge is -2.45. The molecule has 2 amide bonds. The molecule has 0 saturated carbocycles. The quantitative estimate of drug-likeness (QED) is 0.870. The van der Waals surface area contributed by atoms with Crippen molar-refractivity contribution in [3.63, 3.8) is 0 Å². The number of pyridine rings is 1. The molecule has 1 aromatic heterocycles. The van der Waals surface area contributed by atoms with Crippen LogP contribution in [0, 0.1) is 5.92 Å². The number of piperidine rings is 1. The molecule has 2 aliphatic rings. The predicted molar refractivity (Wildman–Crippen MR) is 102 cm³/mol. The number of hydrogen-bond acceptors (Lipinski definition) is 4. The van der Waals surface area contributed by atoms with Crippen LogP contribution in [0.4, 0.5) is 0 Å². The standard InChI is InChI=1S/C21H24N4O2/c1-15(26)24-21-13-23-19(16-5-3-2-4-6-16)18(21)9-12-25(14-21)20(27)17-7-10-22-11-8-17/h2-8,10-11,18-19,23H,9,12-14H2,1H3,(H,24,26)/t18-,19-,21+/m1/s1. The Bertz CT molecular complexity index is 827. The van der Waals surface area contributed by atoms with E-state index in [1.807, 2.05) is 23.1 Å². The van der Waals surface area contributed by atoms with E-state index >= 15 is 0 Å². The van der Waals surface area contributed by atoms with E-state index in [1.165, 1.54) is 5.56 Å². The minimum Gasteiger partial charge on any atom is -0.347 e. The number of amides is 2. The van der Waals surface area contributed by atoms with Crippen LogP contribution in [-0.2, 0) is 4.79 Å². The summed E-state index contributed by atoms with van der Waals surface area (Å²) >= 11 is 0. The molecule has 140 valence electrons.